The van der Waals surface area contributed by atoms with Crippen molar-refractivity contribution in [3.05, 3.63) is 0 Å². The monoisotopic (exact) mass is 146 g/mol. The van der Waals surface area contributed by atoms with E-state index in [1.165, 1.54) is 0 Å². The quantitative estimate of drug-likeness (QED) is 0.243. The van der Waals surface area contributed by atoms with Gasteiger partial charge in [0.1, 0.15) is 0 Å². The Kier molecular flexibility index (Phi) is 1.56. The van der Waals surface area contributed by atoms with Gasteiger partial charge in [0.2, 0.25) is 0 Å². The van der Waals surface area contributed by atoms with Crippen LogP contribution in [0, 0.1) is 0 Å². The average Bonchev–Trinajstić information content (AvgIpc) is 2.10. The maximum Gasteiger partial charge on any atom is 0.322 e. The summed E-state index contributed by atoms with van der Waals surface area (Å²) in [5.74, 6) is -0.722. The number of amides is 3. The van der Waals surface area contributed by atoms with Gasteiger partial charge in [0.05, 0.1) is 0 Å². The molecule has 1 rings (SSSR count). The number of carbonyl (C=O) groups excluding carboxylic acids is 2. The van der Waals surface area contributed by atoms with Gasteiger partial charge in [0, 0.05) is 0 Å². The minimum Gasteiger partial charge on any atom is -0.366 e. The Hall–Kier alpha value is -1.14. The summed E-state index contributed by atoms with van der Waals surface area (Å²) < 4.78 is 0. The predicted octanol–water partition coefficient (Wildman–Crippen LogP) is -2.49. The molecule has 1 aliphatic heterocycles. The van der Waals surface area contributed by atoms with Crippen molar-refractivity contribution < 1.29 is 19.8 Å². The Balaban J connectivity index is 2.63. The number of carbonyl (C=O) groups is 2. The van der Waals surface area contributed by atoms with Crippen LogP contribution in [0.2, 0.25) is 0 Å². The van der Waals surface area contributed by atoms with Gasteiger partial charge in [-0.3, -0.25) is 10.1 Å². The zero-order valence-corrected chi connectivity index (χ0v) is 4.87. The van der Waals surface area contributed by atoms with Gasteiger partial charge < -0.3 is 15.5 Å². The zero-order chi connectivity index (χ0) is 7.72. The van der Waals surface area contributed by atoms with Crippen LogP contribution < -0.4 is 10.6 Å². The molecule has 10 heavy (non-hydrogen) atoms. The van der Waals surface area contributed by atoms with E-state index in [4.69, 9.17) is 10.2 Å². The van der Waals surface area contributed by atoms with E-state index in [0.717, 1.165) is 0 Å². The molecule has 1 atom stereocenters. The van der Waals surface area contributed by atoms with E-state index in [0.29, 0.717) is 0 Å². The lowest BCUT2D eigenvalue weighted by Crippen LogP contribution is -2.40. The Morgan fingerprint density at radius 1 is 1.40 bits per heavy atom. The molecule has 6 nitrogen and oxygen atoms in total. The second-order valence-corrected chi connectivity index (χ2v) is 1.85. The smallest absolute Gasteiger partial charge is 0.322 e. The predicted molar refractivity (Wildman–Crippen MR) is 28.7 cm³/mol. The van der Waals surface area contributed by atoms with Crippen LogP contribution in [0.25, 0.3) is 0 Å². The van der Waals surface area contributed by atoms with E-state index in [-0.39, 0.29) is 0 Å². The lowest BCUT2D eigenvalue weighted by atomic mass is 10.3. The highest BCUT2D eigenvalue weighted by Gasteiger charge is 2.34. The molecule has 1 saturated heterocycles. The molecule has 6 heteroatoms. The third-order valence-corrected chi connectivity index (χ3v) is 1.10. The van der Waals surface area contributed by atoms with Gasteiger partial charge in [-0.2, -0.15) is 0 Å². The highest BCUT2D eigenvalue weighted by Crippen LogP contribution is 1.95. The molecule has 0 aromatic heterocycles. The third-order valence-electron chi connectivity index (χ3n) is 1.10. The van der Waals surface area contributed by atoms with Crippen LogP contribution in [-0.2, 0) is 4.79 Å². The summed E-state index contributed by atoms with van der Waals surface area (Å²) in [5.41, 5.74) is 0. The minimum absolute atomic E-state index is 0.705. The van der Waals surface area contributed by atoms with Crippen molar-refractivity contribution in [1.29, 1.82) is 0 Å². The van der Waals surface area contributed by atoms with Gasteiger partial charge >= 0.3 is 6.03 Å². The minimum atomic E-state index is -1.84. The number of rotatable bonds is 1. The molecule has 0 aromatic rings. The number of urea groups is 1. The topological polar surface area (TPSA) is 98.7 Å². The number of hydrogen-bond acceptors (Lipinski definition) is 4. The Bertz CT molecular complexity index is 178. The second kappa shape index (κ2) is 2.24. The van der Waals surface area contributed by atoms with Crippen LogP contribution in [0.5, 0.6) is 0 Å². The lowest BCUT2D eigenvalue weighted by Gasteiger charge is -2.07. The number of aliphatic hydroxyl groups is 2. The highest BCUT2D eigenvalue weighted by atomic mass is 16.5. The van der Waals surface area contributed by atoms with Crippen LogP contribution in [0.4, 0.5) is 4.79 Å². The van der Waals surface area contributed by atoms with Crippen molar-refractivity contribution in [2.75, 3.05) is 0 Å². The van der Waals surface area contributed by atoms with Crippen LogP contribution in [0.15, 0.2) is 0 Å². The van der Waals surface area contributed by atoms with Crippen molar-refractivity contribution in [2.45, 2.75) is 12.3 Å². The van der Waals surface area contributed by atoms with E-state index in [2.05, 4.69) is 0 Å². The number of nitrogens with one attached hydrogen (secondary N) is 2. The van der Waals surface area contributed by atoms with Gasteiger partial charge in [0.25, 0.3) is 5.91 Å². The fraction of sp³-hybridized carbons (Fsp3) is 0.500. The third kappa shape index (κ3) is 1.07. The lowest BCUT2D eigenvalue weighted by molar-refractivity contribution is -0.130. The van der Waals surface area contributed by atoms with Crippen LogP contribution in [0.3, 0.4) is 0 Å². The number of aliphatic hydroxyl groups excluding tert-OH is 1. The molecule has 0 saturated carbocycles. The molecule has 0 spiro atoms. The number of hydrogen-bond donors (Lipinski definition) is 4. The van der Waals surface area contributed by atoms with E-state index in [9.17, 15) is 9.59 Å². The first-order valence-electron chi connectivity index (χ1n) is 2.59. The summed E-state index contributed by atoms with van der Waals surface area (Å²) in [4.78, 5) is 20.8. The normalized spacial score (nSPS) is 24.9. The molecular weight excluding hydrogens is 140 g/mol. The standard InChI is InChI=1S/C4H6N2O4/c7-2-1(3(8)9)5-4(10)6-2/h1,3,8-9H,(H2,5,6,7,10). The summed E-state index contributed by atoms with van der Waals surface area (Å²) >= 11 is 0. The molecule has 0 aliphatic carbocycles. The van der Waals surface area contributed by atoms with Crippen molar-refractivity contribution in [3.8, 4) is 0 Å². The van der Waals surface area contributed by atoms with Crippen LogP contribution in [-0.4, -0.2) is 34.5 Å². The molecule has 1 aliphatic rings. The van der Waals surface area contributed by atoms with E-state index >= 15 is 0 Å². The highest BCUT2D eigenvalue weighted by molar-refractivity contribution is 6.04. The maximum atomic E-state index is 10.5. The fourth-order valence-corrected chi connectivity index (χ4v) is 0.642. The van der Waals surface area contributed by atoms with Crippen molar-refractivity contribution in [2.24, 2.45) is 0 Å². The first-order chi connectivity index (χ1) is 4.61. The molecule has 0 bridgehead atoms. The average molecular weight is 146 g/mol. The molecule has 0 aromatic carbocycles. The summed E-state index contributed by atoms with van der Waals surface area (Å²) in [6, 6.07) is -1.93. The van der Waals surface area contributed by atoms with Gasteiger partial charge in [-0.05, 0) is 0 Å². The molecule has 0 radical (unpaired) electrons. The summed E-state index contributed by atoms with van der Waals surface area (Å²) in [7, 11) is 0. The van der Waals surface area contributed by atoms with Gasteiger partial charge in [0.15, 0.2) is 12.3 Å². The summed E-state index contributed by atoms with van der Waals surface area (Å²) in [5, 5.41) is 20.7. The zero-order valence-electron chi connectivity index (χ0n) is 4.87. The Labute approximate surface area is 55.8 Å². The summed E-state index contributed by atoms with van der Waals surface area (Å²) in [6.07, 6.45) is -1.84. The van der Waals surface area contributed by atoms with E-state index in [1.54, 1.807) is 0 Å². The van der Waals surface area contributed by atoms with Gasteiger partial charge in [-0.25, -0.2) is 4.79 Å². The second-order valence-electron chi connectivity index (χ2n) is 1.85. The van der Waals surface area contributed by atoms with Crippen molar-refractivity contribution in [1.82, 2.24) is 10.6 Å². The van der Waals surface area contributed by atoms with E-state index < -0.39 is 24.3 Å². The molecule has 4 N–H and O–H groups in total. The molecule has 56 valence electrons. The Morgan fingerprint density at radius 2 is 2.00 bits per heavy atom. The van der Waals surface area contributed by atoms with E-state index in [1.807, 2.05) is 10.6 Å². The first kappa shape index (κ1) is 6.97. The summed E-state index contributed by atoms with van der Waals surface area (Å²) in [6.45, 7) is 0. The number of imide groups is 1. The van der Waals surface area contributed by atoms with Gasteiger partial charge in [-0.15, -0.1) is 0 Å². The van der Waals surface area contributed by atoms with Crippen LogP contribution in [0.1, 0.15) is 0 Å². The molecule has 1 fully saturated rings. The molecule has 3 amide bonds. The molecule has 1 unspecified atom stereocenters. The first-order valence-corrected chi connectivity index (χ1v) is 2.59. The van der Waals surface area contributed by atoms with Gasteiger partial charge in [-0.1, -0.05) is 0 Å². The maximum absolute atomic E-state index is 10.5. The van der Waals surface area contributed by atoms with Crippen LogP contribution >= 0.6 is 0 Å². The SMILES string of the molecule is O=C1NC(=O)C(C(O)O)N1. The van der Waals surface area contributed by atoms with Crippen molar-refractivity contribution >= 4 is 11.9 Å². The largest absolute Gasteiger partial charge is 0.366 e. The Morgan fingerprint density at radius 3 is 2.20 bits per heavy atom. The molecule has 1 heterocycles. The fourth-order valence-electron chi connectivity index (χ4n) is 0.642. The molecular formula is C4H6N2O4. The van der Waals surface area contributed by atoms with Crippen molar-refractivity contribution in [3.63, 3.8) is 0 Å².